The lowest BCUT2D eigenvalue weighted by Crippen LogP contribution is -2.30. The van der Waals surface area contributed by atoms with Crippen molar-refractivity contribution < 1.29 is 4.39 Å². The summed E-state index contributed by atoms with van der Waals surface area (Å²) in [5.41, 5.74) is 2.01. The molecule has 2 aromatic carbocycles. The molecule has 4 nitrogen and oxygen atoms in total. The zero-order chi connectivity index (χ0) is 16.5. The highest BCUT2D eigenvalue weighted by Gasteiger charge is 2.24. The Morgan fingerprint density at radius 2 is 1.88 bits per heavy atom. The highest BCUT2D eigenvalue weighted by Crippen LogP contribution is 2.30. The SMILES string of the molecule is CN[C@H]1CCN(c2nc(-c3ccccc3F)c3ccccc3n2)C1. The van der Waals surface area contributed by atoms with Crippen LogP contribution in [0.4, 0.5) is 10.3 Å². The Bertz CT molecular complexity index is 880. The van der Waals surface area contributed by atoms with E-state index < -0.39 is 0 Å². The van der Waals surface area contributed by atoms with Crippen LogP contribution in [0.25, 0.3) is 22.2 Å². The first kappa shape index (κ1) is 15.0. The Hall–Kier alpha value is -2.53. The fourth-order valence-electron chi connectivity index (χ4n) is 3.24. The van der Waals surface area contributed by atoms with E-state index in [1.807, 2.05) is 37.4 Å². The summed E-state index contributed by atoms with van der Waals surface area (Å²) in [6.07, 6.45) is 1.06. The second-order valence-corrected chi connectivity index (χ2v) is 6.09. The molecule has 0 spiro atoms. The molecule has 3 aromatic rings. The van der Waals surface area contributed by atoms with Gasteiger partial charge in [0.15, 0.2) is 0 Å². The van der Waals surface area contributed by atoms with Crippen LogP contribution in [0.2, 0.25) is 0 Å². The van der Waals surface area contributed by atoms with Crippen LogP contribution in [0.5, 0.6) is 0 Å². The van der Waals surface area contributed by atoms with Crippen molar-refractivity contribution in [1.29, 1.82) is 0 Å². The number of rotatable bonds is 3. The van der Waals surface area contributed by atoms with Gasteiger partial charge in [-0.15, -0.1) is 0 Å². The number of halogens is 1. The van der Waals surface area contributed by atoms with Gasteiger partial charge in [-0.2, -0.15) is 0 Å². The van der Waals surface area contributed by atoms with Gasteiger partial charge in [0, 0.05) is 30.1 Å². The molecular weight excluding hydrogens is 303 g/mol. The summed E-state index contributed by atoms with van der Waals surface area (Å²) >= 11 is 0. The normalized spacial score (nSPS) is 17.6. The maximum Gasteiger partial charge on any atom is 0.226 e. The first-order valence-corrected chi connectivity index (χ1v) is 8.20. The predicted molar refractivity (Wildman–Crippen MR) is 94.6 cm³/mol. The standard InChI is InChI=1S/C19H19FN4/c1-21-13-10-11-24(12-13)19-22-17-9-5-3-7-15(17)18(23-19)14-6-2-4-8-16(14)20/h2-9,13,21H,10-12H2,1H3/t13-/m0/s1. The van der Waals surface area contributed by atoms with Crippen LogP contribution in [0.1, 0.15) is 6.42 Å². The van der Waals surface area contributed by atoms with Gasteiger partial charge in [0.25, 0.3) is 0 Å². The Kier molecular flexibility index (Phi) is 3.86. The quantitative estimate of drug-likeness (QED) is 0.804. The lowest BCUT2D eigenvalue weighted by atomic mass is 10.1. The number of nitrogens with zero attached hydrogens (tertiary/aromatic N) is 3. The van der Waals surface area contributed by atoms with E-state index >= 15 is 0 Å². The molecule has 0 aliphatic carbocycles. The van der Waals surface area contributed by atoms with E-state index in [1.54, 1.807) is 12.1 Å². The van der Waals surface area contributed by atoms with Crippen molar-refractivity contribution in [3.05, 3.63) is 54.3 Å². The molecule has 2 heterocycles. The highest BCUT2D eigenvalue weighted by atomic mass is 19.1. The second kappa shape index (κ2) is 6.17. The van der Waals surface area contributed by atoms with Crippen molar-refractivity contribution in [3.8, 4) is 11.3 Å². The van der Waals surface area contributed by atoms with E-state index in [-0.39, 0.29) is 5.82 Å². The summed E-state index contributed by atoms with van der Waals surface area (Å²) in [5, 5.41) is 4.17. The summed E-state index contributed by atoms with van der Waals surface area (Å²) in [5.74, 6) is 0.409. The maximum absolute atomic E-state index is 14.3. The second-order valence-electron chi connectivity index (χ2n) is 6.09. The van der Waals surface area contributed by atoms with Gasteiger partial charge in [-0.1, -0.05) is 30.3 Å². The van der Waals surface area contributed by atoms with E-state index in [0.717, 1.165) is 30.4 Å². The van der Waals surface area contributed by atoms with Crippen LogP contribution in [0.15, 0.2) is 48.5 Å². The number of fused-ring (bicyclic) bond motifs is 1. The number of hydrogen-bond donors (Lipinski definition) is 1. The number of hydrogen-bond acceptors (Lipinski definition) is 4. The molecule has 0 unspecified atom stereocenters. The van der Waals surface area contributed by atoms with Crippen LogP contribution in [-0.4, -0.2) is 36.1 Å². The fourth-order valence-corrected chi connectivity index (χ4v) is 3.24. The maximum atomic E-state index is 14.3. The molecule has 4 rings (SSSR count). The number of aromatic nitrogens is 2. The molecule has 122 valence electrons. The molecule has 1 atom stereocenters. The lowest BCUT2D eigenvalue weighted by Gasteiger charge is -2.18. The van der Waals surface area contributed by atoms with Crippen LogP contribution in [0.3, 0.4) is 0 Å². The smallest absolute Gasteiger partial charge is 0.226 e. The number of nitrogens with one attached hydrogen (secondary N) is 1. The third-order valence-corrected chi connectivity index (χ3v) is 4.60. The topological polar surface area (TPSA) is 41.0 Å². The Labute approximate surface area is 140 Å². The van der Waals surface area contributed by atoms with Crippen LogP contribution in [-0.2, 0) is 0 Å². The van der Waals surface area contributed by atoms with Crippen molar-refractivity contribution in [2.75, 3.05) is 25.0 Å². The summed E-state index contributed by atoms with van der Waals surface area (Å²) < 4.78 is 14.3. The Balaban J connectivity index is 1.87. The molecule has 1 fully saturated rings. The molecule has 24 heavy (non-hydrogen) atoms. The van der Waals surface area contributed by atoms with Crippen molar-refractivity contribution in [2.45, 2.75) is 12.5 Å². The Morgan fingerprint density at radius 3 is 2.67 bits per heavy atom. The van der Waals surface area contributed by atoms with E-state index in [9.17, 15) is 4.39 Å². The molecule has 0 amide bonds. The highest BCUT2D eigenvalue weighted by molar-refractivity contribution is 5.93. The van der Waals surface area contributed by atoms with Crippen LogP contribution >= 0.6 is 0 Å². The van der Waals surface area contributed by atoms with Crippen LogP contribution in [0, 0.1) is 5.82 Å². The Morgan fingerprint density at radius 1 is 1.08 bits per heavy atom. The zero-order valence-electron chi connectivity index (χ0n) is 13.5. The first-order valence-electron chi connectivity index (χ1n) is 8.20. The van der Waals surface area contributed by atoms with Crippen molar-refractivity contribution in [3.63, 3.8) is 0 Å². The minimum Gasteiger partial charge on any atom is -0.339 e. The predicted octanol–water partition coefficient (Wildman–Crippen LogP) is 3.23. The third-order valence-electron chi connectivity index (χ3n) is 4.60. The van der Waals surface area contributed by atoms with E-state index in [2.05, 4.69) is 10.2 Å². The van der Waals surface area contributed by atoms with Crippen molar-refractivity contribution in [1.82, 2.24) is 15.3 Å². The molecule has 5 heteroatoms. The van der Waals surface area contributed by atoms with Crippen molar-refractivity contribution >= 4 is 16.9 Å². The monoisotopic (exact) mass is 322 g/mol. The number of likely N-dealkylation sites (N-methyl/N-ethyl adjacent to an activating group) is 1. The van der Waals surface area contributed by atoms with Gasteiger partial charge in [0.2, 0.25) is 5.95 Å². The lowest BCUT2D eigenvalue weighted by molar-refractivity contribution is 0.616. The summed E-state index contributed by atoms with van der Waals surface area (Å²) in [4.78, 5) is 11.6. The van der Waals surface area contributed by atoms with E-state index in [4.69, 9.17) is 9.97 Å². The first-order chi connectivity index (χ1) is 11.8. The molecule has 1 aromatic heterocycles. The third kappa shape index (κ3) is 2.61. The molecule has 1 N–H and O–H groups in total. The molecule has 0 bridgehead atoms. The number of benzene rings is 2. The van der Waals surface area contributed by atoms with E-state index in [0.29, 0.717) is 23.2 Å². The molecular formula is C19H19FN4. The zero-order valence-corrected chi connectivity index (χ0v) is 13.5. The minimum absolute atomic E-state index is 0.262. The molecule has 0 radical (unpaired) electrons. The molecule has 1 saturated heterocycles. The number of anilines is 1. The molecule has 1 aliphatic rings. The number of para-hydroxylation sites is 1. The van der Waals surface area contributed by atoms with Gasteiger partial charge in [0.1, 0.15) is 5.82 Å². The summed E-state index contributed by atoms with van der Waals surface area (Å²) in [6.45, 7) is 1.77. The van der Waals surface area contributed by atoms with Gasteiger partial charge < -0.3 is 10.2 Å². The minimum atomic E-state index is -0.262. The van der Waals surface area contributed by atoms with Gasteiger partial charge in [-0.3, -0.25) is 0 Å². The van der Waals surface area contributed by atoms with Crippen molar-refractivity contribution in [2.24, 2.45) is 0 Å². The van der Waals surface area contributed by atoms with Gasteiger partial charge in [-0.25, -0.2) is 14.4 Å². The van der Waals surface area contributed by atoms with Gasteiger partial charge >= 0.3 is 0 Å². The van der Waals surface area contributed by atoms with E-state index in [1.165, 1.54) is 6.07 Å². The van der Waals surface area contributed by atoms with Crippen LogP contribution < -0.4 is 10.2 Å². The average Bonchev–Trinajstić information content (AvgIpc) is 3.10. The molecule has 1 aliphatic heterocycles. The summed E-state index contributed by atoms with van der Waals surface area (Å²) in [6, 6.07) is 15.0. The molecule has 0 saturated carbocycles. The summed E-state index contributed by atoms with van der Waals surface area (Å²) in [7, 11) is 1.97. The fraction of sp³-hybridized carbons (Fsp3) is 0.263. The van der Waals surface area contributed by atoms with Gasteiger partial charge in [0.05, 0.1) is 11.2 Å². The average molecular weight is 322 g/mol. The van der Waals surface area contributed by atoms with Gasteiger partial charge in [-0.05, 0) is 31.7 Å². The largest absolute Gasteiger partial charge is 0.339 e.